The van der Waals surface area contributed by atoms with Crippen molar-refractivity contribution in [3.63, 3.8) is 0 Å². The summed E-state index contributed by atoms with van der Waals surface area (Å²) in [7, 11) is 1.18. The third-order valence-electron chi connectivity index (χ3n) is 3.87. The summed E-state index contributed by atoms with van der Waals surface area (Å²) in [6.45, 7) is 6.46. The average molecular weight is 407 g/mol. The zero-order valence-corrected chi connectivity index (χ0v) is 17.2. The van der Waals surface area contributed by atoms with E-state index in [1.807, 2.05) is 13.8 Å². The van der Waals surface area contributed by atoms with E-state index in [9.17, 15) is 14.4 Å². The maximum absolute atomic E-state index is 12.9. The molecule has 0 unspecified atom stereocenters. The molecule has 1 aromatic heterocycles. The number of rotatable bonds is 8. The van der Waals surface area contributed by atoms with E-state index in [1.54, 1.807) is 35.8 Å². The van der Waals surface area contributed by atoms with Crippen LogP contribution >= 0.6 is 11.8 Å². The fraction of sp³-hybridized carbons (Fsp3) is 0.474. The van der Waals surface area contributed by atoms with Crippen LogP contribution in [0.5, 0.6) is 0 Å². The number of nitrogens with one attached hydrogen (secondary N) is 1. The molecular weight excluding hydrogens is 382 g/mol. The number of amides is 2. The maximum Gasteiger partial charge on any atom is 0.413 e. The number of nitrogens with zero attached hydrogens (tertiary/aromatic N) is 2. The summed E-state index contributed by atoms with van der Waals surface area (Å²) in [6.07, 6.45) is -0.0801. The molecule has 0 saturated heterocycles. The number of hydrogen-bond donors (Lipinski definition) is 1. The van der Waals surface area contributed by atoms with Crippen LogP contribution in [0.25, 0.3) is 10.9 Å². The molecule has 1 atom stereocenters. The lowest BCUT2D eigenvalue weighted by atomic mass is 10.2. The third-order valence-corrected chi connectivity index (χ3v) is 4.96. The lowest BCUT2D eigenvalue weighted by molar-refractivity contribution is -0.119. The quantitative estimate of drug-likeness (QED) is 0.408. The Morgan fingerprint density at radius 3 is 2.64 bits per heavy atom. The third kappa shape index (κ3) is 5.80. The number of imide groups is 1. The Morgan fingerprint density at radius 2 is 1.96 bits per heavy atom. The predicted molar refractivity (Wildman–Crippen MR) is 108 cm³/mol. The van der Waals surface area contributed by atoms with E-state index in [2.05, 4.69) is 15.0 Å². The highest BCUT2D eigenvalue weighted by molar-refractivity contribution is 8.00. The maximum atomic E-state index is 12.9. The predicted octanol–water partition coefficient (Wildman–Crippen LogP) is 2.57. The molecule has 2 rings (SSSR count). The Labute approximate surface area is 167 Å². The molecule has 1 aromatic carbocycles. The first-order valence-electron chi connectivity index (χ1n) is 9.00. The molecule has 0 radical (unpaired) electrons. The van der Waals surface area contributed by atoms with Crippen LogP contribution in [-0.2, 0) is 20.8 Å². The molecule has 2 aromatic rings. The molecule has 1 heterocycles. The number of benzene rings is 1. The zero-order valence-electron chi connectivity index (χ0n) is 16.4. The number of methoxy groups -OCH3 is 1. The number of carbonyl (C=O) groups is 2. The second kappa shape index (κ2) is 10.2. The number of fused-ring (bicyclic) bond motifs is 1. The minimum atomic E-state index is -0.827. The fourth-order valence-corrected chi connectivity index (χ4v) is 3.38. The summed E-state index contributed by atoms with van der Waals surface area (Å²) >= 11 is 1.12. The minimum Gasteiger partial charge on any atom is -0.453 e. The van der Waals surface area contributed by atoms with Crippen molar-refractivity contribution in [2.24, 2.45) is 0 Å². The topological polar surface area (TPSA) is 99.5 Å². The first kappa shape index (κ1) is 21.9. The molecule has 0 aliphatic heterocycles. The Bertz CT molecular complexity index is 897. The van der Waals surface area contributed by atoms with Gasteiger partial charge in [0.15, 0.2) is 5.16 Å². The smallest absolute Gasteiger partial charge is 0.413 e. The van der Waals surface area contributed by atoms with Crippen LogP contribution in [0.2, 0.25) is 0 Å². The second-order valence-corrected chi connectivity index (χ2v) is 7.69. The molecule has 28 heavy (non-hydrogen) atoms. The number of alkyl carbamates (subject to hydrolysis) is 1. The lowest BCUT2D eigenvalue weighted by Crippen LogP contribution is -2.36. The molecule has 0 bridgehead atoms. The van der Waals surface area contributed by atoms with Crippen LogP contribution in [0, 0.1) is 0 Å². The van der Waals surface area contributed by atoms with Crippen LogP contribution in [0.15, 0.2) is 34.2 Å². The molecule has 0 saturated carbocycles. The molecule has 0 aliphatic carbocycles. The number of thioether (sulfide) groups is 1. The van der Waals surface area contributed by atoms with Crippen LogP contribution < -0.4 is 10.9 Å². The zero-order chi connectivity index (χ0) is 20.7. The molecule has 0 spiro atoms. The van der Waals surface area contributed by atoms with Gasteiger partial charge in [0.25, 0.3) is 5.56 Å². The molecular formula is C19H25N3O5S. The molecule has 0 aliphatic rings. The van der Waals surface area contributed by atoms with Gasteiger partial charge in [-0.15, -0.1) is 0 Å². The van der Waals surface area contributed by atoms with Gasteiger partial charge >= 0.3 is 6.09 Å². The van der Waals surface area contributed by atoms with E-state index in [-0.39, 0.29) is 11.7 Å². The van der Waals surface area contributed by atoms with Gasteiger partial charge in [0.2, 0.25) is 5.91 Å². The Morgan fingerprint density at radius 1 is 1.25 bits per heavy atom. The Kier molecular flexibility index (Phi) is 8.01. The van der Waals surface area contributed by atoms with Gasteiger partial charge in [-0.25, -0.2) is 9.78 Å². The number of para-hydroxylation sites is 1. The Hall–Kier alpha value is -2.39. The molecule has 0 fully saturated rings. The Balaban J connectivity index is 2.28. The summed E-state index contributed by atoms with van der Waals surface area (Å²) in [6, 6.07) is 7.08. The van der Waals surface area contributed by atoms with Gasteiger partial charge in [0.1, 0.15) is 0 Å². The first-order valence-corrected chi connectivity index (χ1v) is 9.88. The fourth-order valence-electron chi connectivity index (χ4n) is 2.44. The highest BCUT2D eigenvalue weighted by Gasteiger charge is 2.21. The molecule has 1 N–H and O–H groups in total. The minimum absolute atomic E-state index is 0.113. The van der Waals surface area contributed by atoms with Crippen molar-refractivity contribution >= 4 is 34.7 Å². The monoisotopic (exact) mass is 407 g/mol. The van der Waals surface area contributed by atoms with Gasteiger partial charge in [-0.1, -0.05) is 23.9 Å². The van der Waals surface area contributed by atoms with E-state index < -0.39 is 17.3 Å². The standard InChI is InChI=1S/C19H25N3O5S/c1-12(2)27-11-7-10-22-17(24)14-8-5-6-9-15(14)20-18(22)28-13(3)16(23)21-19(25)26-4/h5-6,8-9,12-13H,7,10-11H2,1-4H3,(H,21,23,25)/t13-/m0/s1. The van der Waals surface area contributed by atoms with Gasteiger partial charge < -0.3 is 9.47 Å². The van der Waals surface area contributed by atoms with Crippen LogP contribution in [-0.4, -0.2) is 46.6 Å². The summed E-state index contributed by atoms with van der Waals surface area (Å²) in [5.41, 5.74) is 0.392. The van der Waals surface area contributed by atoms with E-state index in [1.165, 1.54) is 7.11 Å². The summed E-state index contributed by atoms with van der Waals surface area (Å²) in [4.78, 5) is 40.9. The summed E-state index contributed by atoms with van der Waals surface area (Å²) in [5, 5.41) is 2.42. The van der Waals surface area contributed by atoms with Crippen molar-refractivity contribution in [3.05, 3.63) is 34.6 Å². The van der Waals surface area contributed by atoms with Crippen molar-refractivity contribution in [3.8, 4) is 0 Å². The summed E-state index contributed by atoms with van der Waals surface area (Å²) in [5.74, 6) is -0.519. The van der Waals surface area contributed by atoms with Gasteiger partial charge in [-0.05, 0) is 39.3 Å². The van der Waals surface area contributed by atoms with Gasteiger partial charge in [-0.2, -0.15) is 0 Å². The van der Waals surface area contributed by atoms with E-state index in [0.717, 1.165) is 11.8 Å². The SMILES string of the molecule is COC(=O)NC(=O)[C@H](C)Sc1nc2ccccc2c(=O)n1CCCOC(C)C. The lowest BCUT2D eigenvalue weighted by Gasteiger charge is -2.16. The van der Waals surface area contributed by atoms with Crippen LogP contribution in [0.3, 0.4) is 0 Å². The largest absolute Gasteiger partial charge is 0.453 e. The molecule has 9 heteroatoms. The van der Waals surface area contributed by atoms with E-state index in [0.29, 0.717) is 35.6 Å². The molecule has 2 amide bonds. The van der Waals surface area contributed by atoms with Gasteiger partial charge in [0.05, 0.1) is 29.4 Å². The molecule has 8 nitrogen and oxygen atoms in total. The van der Waals surface area contributed by atoms with E-state index >= 15 is 0 Å². The van der Waals surface area contributed by atoms with Gasteiger partial charge in [0, 0.05) is 13.2 Å². The number of aromatic nitrogens is 2. The normalized spacial score (nSPS) is 12.2. The highest BCUT2D eigenvalue weighted by Crippen LogP contribution is 2.23. The number of ether oxygens (including phenoxy) is 2. The van der Waals surface area contributed by atoms with Crippen molar-refractivity contribution in [1.82, 2.24) is 14.9 Å². The van der Waals surface area contributed by atoms with E-state index in [4.69, 9.17) is 4.74 Å². The summed E-state index contributed by atoms with van der Waals surface area (Å²) < 4.78 is 11.5. The number of carbonyl (C=O) groups excluding carboxylic acids is 2. The van der Waals surface area contributed by atoms with Gasteiger partial charge in [-0.3, -0.25) is 19.5 Å². The van der Waals surface area contributed by atoms with Crippen LogP contribution in [0.4, 0.5) is 4.79 Å². The highest BCUT2D eigenvalue weighted by atomic mass is 32.2. The second-order valence-electron chi connectivity index (χ2n) is 6.38. The van der Waals surface area contributed by atoms with Crippen molar-refractivity contribution in [2.45, 2.75) is 50.2 Å². The molecule has 152 valence electrons. The average Bonchev–Trinajstić information content (AvgIpc) is 2.66. The van der Waals surface area contributed by atoms with Crippen molar-refractivity contribution in [1.29, 1.82) is 0 Å². The number of hydrogen-bond acceptors (Lipinski definition) is 7. The van der Waals surface area contributed by atoms with Crippen molar-refractivity contribution in [2.75, 3.05) is 13.7 Å². The van der Waals surface area contributed by atoms with Crippen LogP contribution in [0.1, 0.15) is 27.2 Å². The first-order chi connectivity index (χ1) is 13.3. The van der Waals surface area contributed by atoms with Crippen molar-refractivity contribution < 1.29 is 19.1 Å².